The molecule has 0 N–H and O–H groups in total. The van der Waals surface area contributed by atoms with Gasteiger partial charge in [-0.05, 0) is 102 Å². The van der Waals surface area contributed by atoms with E-state index in [0.29, 0.717) is 5.92 Å². The molecule has 0 heterocycles. The van der Waals surface area contributed by atoms with Crippen molar-refractivity contribution >= 4 is 23.1 Å². The lowest BCUT2D eigenvalue weighted by Gasteiger charge is -2.35. The molecule has 3 aliphatic rings. The van der Waals surface area contributed by atoms with Gasteiger partial charge in [-0.2, -0.15) is 0 Å². The minimum Gasteiger partial charge on any atom is -0.309 e. The van der Waals surface area contributed by atoms with E-state index in [2.05, 4.69) is 255 Å². The van der Waals surface area contributed by atoms with Gasteiger partial charge in [0.25, 0.3) is 0 Å². The SMILES string of the molecule is CC1(C)c2cccc(-c3ccccc3N(c3ccc4c(c3)C(c3ccccc3)(c3ccccc3)c3ccccc3-4)c3ccccc3-c3ccccc3)c2C2c3ccccc3C=CC21. The zero-order valence-electron chi connectivity index (χ0n) is 35.6. The van der Waals surface area contributed by atoms with E-state index >= 15 is 0 Å². The molecule has 2 atom stereocenters. The molecule has 0 amide bonds. The largest absolute Gasteiger partial charge is 0.309 e. The zero-order chi connectivity index (χ0) is 42.1. The quantitative estimate of drug-likeness (QED) is 0.155. The molecule has 0 aromatic heterocycles. The van der Waals surface area contributed by atoms with Crippen LogP contribution in [0, 0.1) is 5.92 Å². The van der Waals surface area contributed by atoms with Crippen molar-refractivity contribution in [3.63, 3.8) is 0 Å². The molecule has 9 aromatic carbocycles. The van der Waals surface area contributed by atoms with Gasteiger partial charge in [0.05, 0.1) is 16.8 Å². The number of anilines is 3. The maximum absolute atomic E-state index is 2.55. The summed E-state index contributed by atoms with van der Waals surface area (Å²) in [4.78, 5) is 2.55. The molecule has 0 fully saturated rings. The van der Waals surface area contributed by atoms with E-state index in [1.54, 1.807) is 0 Å². The van der Waals surface area contributed by atoms with Crippen LogP contribution < -0.4 is 4.90 Å². The average molecular weight is 806 g/mol. The summed E-state index contributed by atoms with van der Waals surface area (Å²) in [5, 5.41) is 0. The number of rotatable bonds is 7. The Hall–Kier alpha value is -7.48. The number of hydrogen-bond acceptors (Lipinski definition) is 1. The first-order valence-corrected chi connectivity index (χ1v) is 22.3. The Morgan fingerprint density at radius 1 is 0.413 bits per heavy atom. The fraction of sp³-hybridized carbons (Fsp3) is 0.0968. The molecular weight excluding hydrogens is 759 g/mol. The lowest BCUT2D eigenvalue weighted by molar-refractivity contribution is 0.391. The molecule has 2 unspecified atom stereocenters. The predicted octanol–water partition coefficient (Wildman–Crippen LogP) is 15.9. The van der Waals surface area contributed by atoms with Gasteiger partial charge < -0.3 is 4.90 Å². The van der Waals surface area contributed by atoms with Crippen LogP contribution in [0.25, 0.3) is 39.5 Å². The smallest absolute Gasteiger partial charge is 0.0714 e. The number of hydrogen-bond donors (Lipinski definition) is 0. The molecule has 1 nitrogen and oxygen atoms in total. The van der Waals surface area contributed by atoms with Crippen molar-refractivity contribution in [1.82, 2.24) is 0 Å². The Balaban J connectivity index is 1.15. The molecule has 9 aromatic rings. The second-order valence-corrected chi connectivity index (χ2v) is 18.0. The Morgan fingerprint density at radius 2 is 0.952 bits per heavy atom. The van der Waals surface area contributed by atoms with Crippen LogP contribution in [0.1, 0.15) is 64.3 Å². The molecule has 63 heavy (non-hydrogen) atoms. The highest BCUT2D eigenvalue weighted by atomic mass is 15.1. The molecule has 12 rings (SSSR count). The van der Waals surface area contributed by atoms with Crippen molar-refractivity contribution < 1.29 is 0 Å². The van der Waals surface area contributed by atoms with E-state index in [1.165, 1.54) is 77.9 Å². The van der Waals surface area contributed by atoms with Gasteiger partial charge in [-0.3, -0.25) is 0 Å². The first-order chi connectivity index (χ1) is 31.0. The third-order valence-electron chi connectivity index (χ3n) is 14.5. The Kier molecular flexibility index (Phi) is 8.63. The van der Waals surface area contributed by atoms with E-state index in [0.717, 1.165) is 17.1 Å². The first kappa shape index (κ1) is 37.3. The number of para-hydroxylation sites is 2. The molecule has 1 heteroatoms. The van der Waals surface area contributed by atoms with Crippen LogP contribution in [0.2, 0.25) is 0 Å². The van der Waals surface area contributed by atoms with Gasteiger partial charge in [0.1, 0.15) is 0 Å². The second-order valence-electron chi connectivity index (χ2n) is 18.0. The molecule has 0 spiro atoms. The monoisotopic (exact) mass is 805 g/mol. The summed E-state index contributed by atoms with van der Waals surface area (Å²) in [6.07, 6.45) is 4.84. The highest BCUT2D eigenvalue weighted by Crippen LogP contribution is 2.61. The fourth-order valence-electron chi connectivity index (χ4n) is 11.7. The third-order valence-corrected chi connectivity index (χ3v) is 14.5. The summed E-state index contributed by atoms with van der Waals surface area (Å²) in [6, 6.07) is 83.6. The van der Waals surface area contributed by atoms with Crippen LogP contribution in [-0.2, 0) is 10.8 Å². The molecule has 0 aliphatic heterocycles. The molecule has 0 radical (unpaired) electrons. The molecular formula is C62H47N. The lowest BCUT2D eigenvalue weighted by atomic mass is 9.67. The van der Waals surface area contributed by atoms with Gasteiger partial charge in [0.15, 0.2) is 0 Å². The van der Waals surface area contributed by atoms with Crippen molar-refractivity contribution in [2.24, 2.45) is 5.92 Å². The minimum absolute atomic E-state index is 0.0399. The Bertz CT molecular complexity index is 3170. The van der Waals surface area contributed by atoms with Gasteiger partial charge in [0.2, 0.25) is 0 Å². The predicted molar refractivity (Wildman–Crippen MR) is 263 cm³/mol. The highest BCUT2D eigenvalue weighted by Gasteiger charge is 2.49. The summed E-state index contributed by atoms with van der Waals surface area (Å²) in [7, 11) is 0. The summed E-state index contributed by atoms with van der Waals surface area (Å²) in [5.74, 6) is 0.606. The molecule has 0 saturated heterocycles. The summed E-state index contributed by atoms with van der Waals surface area (Å²) in [6.45, 7) is 4.89. The van der Waals surface area contributed by atoms with Gasteiger partial charge in [0, 0.05) is 22.7 Å². The first-order valence-electron chi connectivity index (χ1n) is 22.3. The van der Waals surface area contributed by atoms with E-state index in [-0.39, 0.29) is 11.3 Å². The minimum atomic E-state index is -0.530. The van der Waals surface area contributed by atoms with Crippen LogP contribution in [0.5, 0.6) is 0 Å². The summed E-state index contributed by atoms with van der Waals surface area (Å²) in [5.41, 5.74) is 21.0. The molecule has 300 valence electrons. The van der Waals surface area contributed by atoms with E-state index in [1.807, 2.05) is 0 Å². The molecule has 0 saturated carbocycles. The second kappa shape index (κ2) is 14.6. The number of nitrogens with zero attached hydrogens (tertiary/aromatic N) is 1. The highest BCUT2D eigenvalue weighted by molar-refractivity contribution is 5.96. The normalized spacial score (nSPS) is 16.9. The maximum atomic E-state index is 2.55. The van der Waals surface area contributed by atoms with E-state index in [9.17, 15) is 0 Å². The number of allylic oxidation sites excluding steroid dienone is 1. The summed E-state index contributed by atoms with van der Waals surface area (Å²) < 4.78 is 0. The topological polar surface area (TPSA) is 3.24 Å². The van der Waals surface area contributed by atoms with E-state index in [4.69, 9.17) is 0 Å². The van der Waals surface area contributed by atoms with Crippen LogP contribution in [-0.4, -0.2) is 0 Å². The zero-order valence-corrected chi connectivity index (χ0v) is 35.6. The van der Waals surface area contributed by atoms with Crippen molar-refractivity contribution in [3.05, 3.63) is 275 Å². The standard InChI is InChI=1S/C62H47N/c1-61(2)54-34-20-32-52(60(54)59-48-29-13-12-23-43(48)37-40-55(59)61)51-31-16-19-36-58(51)63(57-35-18-15-28-47(57)42-21-6-3-7-22-42)46-38-39-50-49-30-14-17-33-53(49)62(56(50)41-46,44-24-8-4-9-25-44)45-26-10-5-11-27-45/h3-41,55,59H,1-2H3. The van der Waals surface area contributed by atoms with E-state index < -0.39 is 5.41 Å². The molecule has 0 bridgehead atoms. The van der Waals surface area contributed by atoms with Gasteiger partial charge in [-0.15, -0.1) is 0 Å². The van der Waals surface area contributed by atoms with Crippen LogP contribution in [0.4, 0.5) is 17.1 Å². The van der Waals surface area contributed by atoms with Crippen molar-refractivity contribution in [2.75, 3.05) is 4.90 Å². The summed E-state index contributed by atoms with van der Waals surface area (Å²) >= 11 is 0. The van der Waals surface area contributed by atoms with Crippen LogP contribution in [0.3, 0.4) is 0 Å². The fourth-order valence-corrected chi connectivity index (χ4v) is 11.7. The van der Waals surface area contributed by atoms with Gasteiger partial charge in [-0.1, -0.05) is 226 Å². The molecule has 3 aliphatic carbocycles. The number of benzene rings is 9. The number of fused-ring (bicyclic) bond motifs is 8. The Morgan fingerprint density at radius 3 is 1.68 bits per heavy atom. The Labute approximate surface area is 371 Å². The van der Waals surface area contributed by atoms with Crippen molar-refractivity contribution in [2.45, 2.75) is 30.6 Å². The van der Waals surface area contributed by atoms with Crippen LogP contribution >= 0.6 is 0 Å². The van der Waals surface area contributed by atoms with Crippen molar-refractivity contribution in [3.8, 4) is 33.4 Å². The van der Waals surface area contributed by atoms with Gasteiger partial charge in [-0.25, -0.2) is 0 Å². The average Bonchev–Trinajstić information content (AvgIpc) is 3.78. The maximum Gasteiger partial charge on any atom is 0.0714 e. The van der Waals surface area contributed by atoms with Crippen LogP contribution in [0.15, 0.2) is 231 Å². The van der Waals surface area contributed by atoms with Crippen molar-refractivity contribution in [1.29, 1.82) is 0 Å². The lowest BCUT2D eigenvalue weighted by Crippen LogP contribution is -2.28. The van der Waals surface area contributed by atoms with Gasteiger partial charge >= 0.3 is 0 Å². The third kappa shape index (κ3) is 5.56.